The van der Waals surface area contributed by atoms with E-state index in [1.165, 1.54) is 0 Å². The number of piperidine rings is 1. The van der Waals surface area contributed by atoms with E-state index in [0.29, 0.717) is 30.8 Å². The highest BCUT2D eigenvalue weighted by molar-refractivity contribution is 6.30. The minimum absolute atomic E-state index is 0.127. The number of esters is 1. The van der Waals surface area contributed by atoms with E-state index in [2.05, 4.69) is 0 Å². The van der Waals surface area contributed by atoms with Crippen LogP contribution in [-0.4, -0.2) is 35.5 Å². The van der Waals surface area contributed by atoms with Crippen LogP contribution < -0.4 is 0 Å². The lowest BCUT2D eigenvalue weighted by Gasteiger charge is -2.39. The quantitative estimate of drug-likeness (QED) is 0.804. The summed E-state index contributed by atoms with van der Waals surface area (Å²) in [5.74, 6) is -0.00442. The maximum Gasteiger partial charge on any atom is 0.306 e. The molecular formula is C17H20ClNO3. The molecule has 2 saturated heterocycles. The fraction of sp³-hybridized carbons (Fsp3) is 0.529. The van der Waals surface area contributed by atoms with E-state index in [-0.39, 0.29) is 11.9 Å². The van der Waals surface area contributed by atoms with Crippen LogP contribution >= 0.6 is 11.6 Å². The van der Waals surface area contributed by atoms with Gasteiger partial charge < -0.3 is 9.64 Å². The van der Waals surface area contributed by atoms with E-state index in [0.717, 1.165) is 31.4 Å². The Bertz CT molecular complexity index is 589. The maximum atomic E-state index is 12.4. The number of carbonyl (C=O) groups excluding carboxylic acids is 2. The smallest absolute Gasteiger partial charge is 0.306 e. The number of hydrogen-bond donors (Lipinski definition) is 0. The van der Waals surface area contributed by atoms with Crippen LogP contribution in [0.3, 0.4) is 0 Å². The number of carbonyl (C=O) groups is 2. The molecule has 1 spiro atoms. The van der Waals surface area contributed by atoms with Gasteiger partial charge >= 0.3 is 5.97 Å². The second-order valence-electron chi connectivity index (χ2n) is 6.21. The number of likely N-dealkylation sites (tertiary alicyclic amines) is 1. The summed E-state index contributed by atoms with van der Waals surface area (Å²) in [6.45, 7) is 1.31. The van der Waals surface area contributed by atoms with Crippen LogP contribution in [0.5, 0.6) is 0 Å². The zero-order valence-corrected chi connectivity index (χ0v) is 13.3. The first-order valence-corrected chi connectivity index (χ1v) is 8.18. The first-order valence-electron chi connectivity index (χ1n) is 7.80. The van der Waals surface area contributed by atoms with Gasteiger partial charge in [0.05, 0.1) is 6.54 Å². The average Bonchev–Trinajstić information content (AvgIpc) is 2.85. The third-order valence-corrected chi connectivity index (χ3v) is 4.76. The Morgan fingerprint density at radius 1 is 1.36 bits per heavy atom. The van der Waals surface area contributed by atoms with E-state index in [4.69, 9.17) is 16.3 Å². The molecule has 2 fully saturated rings. The summed E-state index contributed by atoms with van der Waals surface area (Å²) in [5.41, 5.74) is 0.654. The lowest BCUT2D eigenvalue weighted by atomic mass is 9.90. The summed E-state index contributed by atoms with van der Waals surface area (Å²) in [5, 5.41) is 0.694. The van der Waals surface area contributed by atoms with Crippen LogP contribution in [0.2, 0.25) is 5.02 Å². The number of ether oxygens (including phenoxy) is 1. The van der Waals surface area contributed by atoms with Gasteiger partial charge in [0, 0.05) is 24.4 Å². The topological polar surface area (TPSA) is 46.6 Å². The Kier molecular flexibility index (Phi) is 4.39. The highest BCUT2D eigenvalue weighted by Crippen LogP contribution is 2.35. The van der Waals surface area contributed by atoms with Gasteiger partial charge in [-0.05, 0) is 43.4 Å². The van der Waals surface area contributed by atoms with Gasteiger partial charge in [0.2, 0.25) is 5.91 Å². The van der Waals surface area contributed by atoms with Gasteiger partial charge in [0.1, 0.15) is 5.60 Å². The third-order valence-electron chi connectivity index (χ3n) is 4.52. The largest absolute Gasteiger partial charge is 0.457 e. The van der Waals surface area contributed by atoms with Gasteiger partial charge in [-0.15, -0.1) is 0 Å². The molecule has 0 N–H and O–H groups in total. The van der Waals surface area contributed by atoms with Crippen molar-refractivity contribution in [2.45, 2.75) is 44.1 Å². The first kappa shape index (κ1) is 15.3. The first-order chi connectivity index (χ1) is 10.6. The number of rotatable bonds is 3. The number of halogens is 1. The van der Waals surface area contributed by atoms with Crippen molar-refractivity contribution >= 4 is 23.5 Å². The number of amides is 1. The minimum Gasteiger partial charge on any atom is -0.457 e. The molecule has 0 unspecified atom stereocenters. The summed E-state index contributed by atoms with van der Waals surface area (Å²) in [7, 11) is 0. The highest BCUT2D eigenvalue weighted by atomic mass is 35.5. The predicted octanol–water partition coefficient (Wildman–Crippen LogP) is 2.97. The molecule has 22 heavy (non-hydrogen) atoms. The molecule has 1 aromatic rings. The summed E-state index contributed by atoms with van der Waals surface area (Å²) < 4.78 is 5.50. The van der Waals surface area contributed by atoms with Crippen molar-refractivity contribution < 1.29 is 14.3 Å². The SMILES string of the molecule is O=C1CC[C@]2(CCCN(C(=O)CCc3cccc(Cl)c3)C2)O1. The molecule has 4 nitrogen and oxygen atoms in total. The van der Waals surface area contributed by atoms with E-state index in [1.807, 2.05) is 29.2 Å². The Hall–Kier alpha value is -1.55. The Balaban J connectivity index is 1.57. The second-order valence-corrected chi connectivity index (χ2v) is 6.64. The van der Waals surface area contributed by atoms with Crippen LogP contribution in [-0.2, 0) is 20.7 Å². The minimum atomic E-state index is -0.416. The second kappa shape index (κ2) is 6.29. The standard InChI is InChI=1S/C17H20ClNO3/c18-14-4-1-3-13(11-14)5-6-15(20)19-10-2-8-17(12-19)9-7-16(21)22-17/h1,3-4,11H,2,5-10,12H2/t17-/m0/s1. The maximum absolute atomic E-state index is 12.4. The van der Waals surface area contributed by atoms with Crippen molar-refractivity contribution in [2.75, 3.05) is 13.1 Å². The summed E-state index contributed by atoms with van der Waals surface area (Å²) in [6.07, 6.45) is 4.13. The van der Waals surface area contributed by atoms with Crippen molar-refractivity contribution in [3.05, 3.63) is 34.9 Å². The van der Waals surface area contributed by atoms with Crippen molar-refractivity contribution in [3.8, 4) is 0 Å². The average molecular weight is 322 g/mol. The molecule has 0 radical (unpaired) electrons. The van der Waals surface area contributed by atoms with E-state index < -0.39 is 5.60 Å². The van der Waals surface area contributed by atoms with E-state index >= 15 is 0 Å². The molecule has 3 rings (SSSR count). The fourth-order valence-corrected chi connectivity index (χ4v) is 3.59. The van der Waals surface area contributed by atoms with E-state index in [9.17, 15) is 9.59 Å². The molecule has 2 aliphatic heterocycles. The molecule has 0 bridgehead atoms. The van der Waals surface area contributed by atoms with Crippen LogP contribution in [0.25, 0.3) is 0 Å². The predicted molar refractivity (Wildman–Crippen MR) is 83.6 cm³/mol. The summed E-state index contributed by atoms with van der Waals surface area (Å²) in [4.78, 5) is 25.7. The van der Waals surface area contributed by atoms with E-state index in [1.54, 1.807) is 0 Å². The van der Waals surface area contributed by atoms with Gasteiger partial charge in [-0.25, -0.2) is 0 Å². The number of nitrogens with zero attached hydrogens (tertiary/aromatic N) is 1. The molecule has 118 valence electrons. The number of aryl methyl sites for hydroxylation is 1. The lowest BCUT2D eigenvalue weighted by Crippen LogP contribution is -2.50. The lowest BCUT2D eigenvalue weighted by molar-refractivity contribution is -0.156. The molecule has 0 saturated carbocycles. The van der Waals surface area contributed by atoms with Crippen LogP contribution in [0, 0.1) is 0 Å². The van der Waals surface area contributed by atoms with Crippen molar-refractivity contribution in [1.82, 2.24) is 4.90 Å². The van der Waals surface area contributed by atoms with Crippen molar-refractivity contribution in [2.24, 2.45) is 0 Å². The molecule has 0 aromatic heterocycles. The Morgan fingerprint density at radius 2 is 2.23 bits per heavy atom. The Morgan fingerprint density at radius 3 is 2.95 bits per heavy atom. The van der Waals surface area contributed by atoms with Crippen LogP contribution in [0.4, 0.5) is 0 Å². The summed E-state index contributed by atoms with van der Waals surface area (Å²) in [6, 6.07) is 7.60. The molecule has 1 atom stereocenters. The molecule has 0 aliphatic carbocycles. The monoisotopic (exact) mass is 321 g/mol. The normalized spacial score (nSPS) is 24.6. The fourth-order valence-electron chi connectivity index (χ4n) is 3.37. The van der Waals surface area contributed by atoms with Gasteiger partial charge in [-0.2, -0.15) is 0 Å². The molecule has 1 aromatic carbocycles. The van der Waals surface area contributed by atoms with Crippen LogP contribution in [0.1, 0.15) is 37.7 Å². The van der Waals surface area contributed by atoms with Crippen LogP contribution in [0.15, 0.2) is 24.3 Å². The zero-order chi connectivity index (χ0) is 15.6. The molecular weight excluding hydrogens is 302 g/mol. The van der Waals surface area contributed by atoms with Gasteiger partial charge in [-0.3, -0.25) is 9.59 Å². The number of benzene rings is 1. The molecule has 2 aliphatic rings. The zero-order valence-electron chi connectivity index (χ0n) is 12.5. The Labute approximate surface area is 135 Å². The van der Waals surface area contributed by atoms with Gasteiger partial charge in [0.15, 0.2) is 0 Å². The summed E-state index contributed by atoms with van der Waals surface area (Å²) >= 11 is 5.96. The molecule has 2 heterocycles. The van der Waals surface area contributed by atoms with Crippen molar-refractivity contribution in [3.63, 3.8) is 0 Å². The molecule has 1 amide bonds. The van der Waals surface area contributed by atoms with Crippen molar-refractivity contribution in [1.29, 1.82) is 0 Å². The van der Waals surface area contributed by atoms with Gasteiger partial charge in [0.25, 0.3) is 0 Å². The highest BCUT2D eigenvalue weighted by Gasteiger charge is 2.44. The number of hydrogen-bond acceptors (Lipinski definition) is 3. The van der Waals surface area contributed by atoms with Gasteiger partial charge in [-0.1, -0.05) is 23.7 Å². The molecule has 5 heteroatoms. The third kappa shape index (κ3) is 3.43.